The second-order valence-electron chi connectivity index (χ2n) is 5.87. The normalized spacial score (nSPS) is 10.2. The van der Waals surface area contributed by atoms with E-state index in [1.165, 1.54) is 6.07 Å². The van der Waals surface area contributed by atoms with Crippen molar-refractivity contribution in [2.45, 2.75) is 20.4 Å². The molecular weight excluding hydrogens is 330 g/mol. The number of amides is 1. The van der Waals surface area contributed by atoms with Gasteiger partial charge < -0.3 is 14.8 Å². The van der Waals surface area contributed by atoms with Crippen LogP contribution in [0.2, 0.25) is 0 Å². The van der Waals surface area contributed by atoms with E-state index in [0.717, 1.165) is 11.1 Å². The molecule has 0 saturated heterocycles. The first-order valence-corrected chi connectivity index (χ1v) is 8.06. The fourth-order valence-corrected chi connectivity index (χ4v) is 2.58. The van der Waals surface area contributed by atoms with Gasteiger partial charge in [-0.1, -0.05) is 35.7 Å². The summed E-state index contributed by atoms with van der Waals surface area (Å²) in [6, 6.07) is 12.4. The van der Waals surface area contributed by atoms with Crippen LogP contribution in [0.1, 0.15) is 34.2 Å². The van der Waals surface area contributed by atoms with Gasteiger partial charge in [-0.15, -0.1) is 5.92 Å². The Hall–Kier alpha value is -3.52. The number of fused-ring (bicyclic) bond motifs is 1. The number of aromatic hydroxyl groups is 1. The predicted molar refractivity (Wildman–Crippen MR) is 99.1 cm³/mol. The molecule has 3 aromatic rings. The summed E-state index contributed by atoms with van der Waals surface area (Å²) in [6.07, 6.45) is 0. The van der Waals surface area contributed by atoms with Crippen LogP contribution in [-0.4, -0.2) is 11.0 Å². The molecule has 0 bridgehead atoms. The lowest BCUT2D eigenvalue weighted by Crippen LogP contribution is -2.24. The van der Waals surface area contributed by atoms with Crippen molar-refractivity contribution in [3.05, 3.63) is 75.3 Å². The number of benzene rings is 2. The highest BCUT2D eigenvalue weighted by Crippen LogP contribution is 2.27. The van der Waals surface area contributed by atoms with Crippen LogP contribution in [0.5, 0.6) is 5.75 Å². The van der Waals surface area contributed by atoms with Crippen molar-refractivity contribution in [2.75, 3.05) is 0 Å². The Morgan fingerprint density at radius 2 is 1.88 bits per heavy atom. The maximum Gasteiger partial charge on any atom is 0.344 e. The maximum absolute atomic E-state index is 12.4. The van der Waals surface area contributed by atoms with Crippen LogP contribution < -0.4 is 10.9 Å². The Labute approximate surface area is 150 Å². The van der Waals surface area contributed by atoms with E-state index in [0.29, 0.717) is 5.56 Å². The molecule has 2 aromatic carbocycles. The number of nitrogens with one attached hydrogen (secondary N) is 1. The van der Waals surface area contributed by atoms with Gasteiger partial charge in [-0.25, -0.2) is 4.79 Å². The summed E-state index contributed by atoms with van der Waals surface area (Å²) >= 11 is 0. The molecule has 5 nitrogen and oxygen atoms in total. The Kier molecular flexibility index (Phi) is 4.76. The third-order valence-corrected chi connectivity index (χ3v) is 3.95. The standard InChI is InChI=1S/C21H17NO4/c1-3-4-14-9-10-16-17(11-14)18(23)19(26-21(16)25)20(24)22-12-15-7-5-13(2)6-8-15/h5-11,23H,12H2,1-2H3,(H,22,24). The van der Waals surface area contributed by atoms with Crippen molar-refractivity contribution in [3.8, 4) is 17.6 Å². The van der Waals surface area contributed by atoms with E-state index < -0.39 is 17.3 Å². The van der Waals surface area contributed by atoms with Gasteiger partial charge in [0.15, 0.2) is 5.75 Å². The van der Waals surface area contributed by atoms with Gasteiger partial charge in [-0.3, -0.25) is 4.79 Å². The lowest BCUT2D eigenvalue weighted by molar-refractivity contribution is 0.0914. The highest BCUT2D eigenvalue weighted by molar-refractivity contribution is 6.00. The molecule has 0 unspecified atom stereocenters. The molecule has 0 aliphatic heterocycles. The minimum Gasteiger partial charge on any atom is -0.504 e. The molecule has 1 heterocycles. The van der Waals surface area contributed by atoms with Gasteiger partial charge in [0.1, 0.15) is 0 Å². The topological polar surface area (TPSA) is 79.5 Å². The van der Waals surface area contributed by atoms with Crippen molar-refractivity contribution in [1.82, 2.24) is 5.32 Å². The average Bonchev–Trinajstić information content (AvgIpc) is 2.64. The predicted octanol–water partition coefficient (Wildman–Crippen LogP) is 3.11. The zero-order valence-corrected chi connectivity index (χ0v) is 14.4. The van der Waals surface area contributed by atoms with Gasteiger partial charge in [0, 0.05) is 17.5 Å². The van der Waals surface area contributed by atoms with E-state index in [1.807, 2.05) is 31.2 Å². The lowest BCUT2D eigenvalue weighted by atomic mass is 10.1. The maximum atomic E-state index is 12.4. The fourth-order valence-electron chi connectivity index (χ4n) is 2.58. The fraction of sp³-hybridized carbons (Fsp3) is 0.143. The third kappa shape index (κ3) is 3.45. The van der Waals surface area contributed by atoms with E-state index in [4.69, 9.17) is 4.42 Å². The monoisotopic (exact) mass is 347 g/mol. The molecule has 0 saturated carbocycles. The number of hydrogen-bond donors (Lipinski definition) is 2. The van der Waals surface area contributed by atoms with Gasteiger partial charge in [-0.05, 0) is 37.6 Å². The molecule has 2 N–H and O–H groups in total. The molecule has 5 heteroatoms. The zero-order chi connectivity index (χ0) is 18.7. The molecule has 1 aromatic heterocycles. The van der Waals surface area contributed by atoms with Gasteiger partial charge in [0.2, 0.25) is 5.76 Å². The summed E-state index contributed by atoms with van der Waals surface area (Å²) in [5, 5.41) is 13.5. The van der Waals surface area contributed by atoms with E-state index in [9.17, 15) is 14.7 Å². The molecule has 26 heavy (non-hydrogen) atoms. The molecule has 130 valence electrons. The van der Waals surface area contributed by atoms with Gasteiger partial charge >= 0.3 is 5.63 Å². The van der Waals surface area contributed by atoms with Crippen LogP contribution in [0.3, 0.4) is 0 Å². The van der Waals surface area contributed by atoms with Crippen LogP contribution >= 0.6 is 0 Å². The molecule has 0 spiro atoms. The molecular formula is C21H17NO4. The van der Waals surface area contributed by atoms with Gasteiger partial charge in [-0.2, -0.15) is 0 Å². The van der Waals surface area contributed by atoms with Crippen molar-refractivity contribution in [3.63, 3.8) is 0 Å². The van der Waals surface area contributed by atoms with Crippen molar-refractivity contribution in [1.29, 1.82) is 0 Å². The largest absolute Gasteiger partial charge is 0.504 e. The molecule has 1 amide bonds. The summed E-state index contributed by atoms with van der Waals surface area (Å²) in [5.74, 6) is 4.16. The summed E-state index contributed by atoms with van der Waals surface area (Å²) in [7, 11) is 0. The van der Waals surface area contributed by atoms with Gasteiger partial charge in [0.05, 0.1) is 5.39 Å². The van der Waals surface area contributed by atoms with Crippen molar-refractivity contribution in [2.24, 2.45) is 0 Å². The summed E-state index contributed by atoms with van der Waals surface area (Å²) in [6.45, 7) is 3.91. The average molecular weight is 347 g/mol. The zero-order valence-electron chi connectivity index (χ0n) is 14.4. The van der Waals surface area contributed by atoms with Crippen molar-refractivity contribution >= 4 is 16.7 Å². The second-order valence-corrected chi connectivity index (χ2v) is 5.87. The molecule has 0 radical (unpaired) electrons. The van der Waals surface area contributed by atoms with Crippen molar-refractivity contribution < 1.29 is 14.3 Å². The van der Waals surface area contributed by atoms with Crippen LogP contribution in [0.15, 0.2) is 51.7 Å². The number of hydrogen-bond acceptors (Lipinski definition) is 4. The summed E-state index contributed by atoms with van der Waals surface area (Å²) < 4.78 is 5.04. The first kappa shape index (κ1) is 17.3. The van der Waals surface area contributed by atoms with Crippen LogP contribution in [0, 0.1) is 18.8 Å². The van der Waals surface area contributed by atoms with E-state index >= 15 is 0 Å². The van der Waals surface area contributed by atoms with E-state index in [-0.39, 0.29) is 23.1 Å². The number of rotatable bonds is 3. The van der Waals surface area contributed by atoms with Gasteiger partial charge in [0.25, 0.3) is 5.91 Å². The minimum atomic E-state index is -0.686. The molecule has 0 aliphatic rings. The number of carbonyl (C=O) groups excluding carboxylic acids is 1. The third-order valence-electron chi connectivity index (χ3n) is 3.95. The van der Waals surface area contributed by atoms with Crippen LogP contribution in [0.4, 0.5) is 0 Å². The van der Waals surface area contributed by atoms with Crippen LogP contribution in [-0.2, 0) is 6.54 Å². The first-order valence-electron chi connectivity index (χ1n) is 8.06. The molecule has 0 atom stereocenters. The van der Waals surface area contributed by atoms with Crippen LogP contribution in [0.25, 0.3) is 10.8 Å². The minimum absolute atomic E-state index is 0.194. The Bertz CT molecular complexity index is 1100. The highest BCUT2D eigenvalue weighted by Gasteiger charge is 2.19. The van der Waals surface area contributed by atoms with E-state index in [2.05, 4.69) is 17.2 Å². The Morgan fingerprint density at radius 1 is 1.15 bits per heavy atom. The summed E-state index contributed by atoms with van der Waals surface area (Å²) in [4.78, 5) is 24.5. The lowest BCUT2D eigenvalue weighted by Gasteiger charge is -2.08. The number of aryl methyl sites for hydroxylation is 1. The van der Waals surface area contributed by atoms with E-state index in [1.54, 1.807) is 19.1 Å². The highest BCUT2D eigenvalue weighted by atomic mass is 16.4. The Balaban J connectivity index is 1.94. The second kappa shape index (κ2) is 7.16. The first-order chi connectivity index (χ1) is 12.5. The molecule has 0 fully saturated rings. The quantitative estimate of drug-likeness (QED) is 0.714. The number of carbonyl (C=O) groups is 1. The summed E-state index contributed by atoms with van der Waals surface area (Å²) in [5.41, 5.74) is 1.96. The smallest absolute Gasteiger partial charge is 0.344 e. The Morgan fingerprint density at radius 3 is 2.58 bits per heavy atom. The molecule has 3 rings (SSSR count). The SMILES string of the molecule is CC#Cc1ccc2c(=O)oc(C(=O)NCc3ccc(C)cc3)c(O)c2c1. The molecule has 0 aliphatic carbocycles.